The number of ether oxygens (including phenoxy) is 1. The van der Waals surface area contributed by atoms with Gasteiger partial charge in [-0.05, 0) is 46.1 Å². The second-order valence-corrected chi connectivity index (χ2v) is 6.73. The number of hydrogen-bond donors (Lipinski definition) is 3. The highest BCUT2D eigenvalue weighted by Crippen LogP contribution is 2.25. The van der Waals surface area contributed by atoms with Gasteiger partial charge in [0, 0.05) is 17.2 Å². The molecule has 1 rings (SSSR count). The minimum atomic E-state index is -0.944. The first-order chi connectivity index (χ1) is 9.67. The van der Waals surface area contributed by atoms with E-state index in [1.165, 1.54) is 0 Å². The van der Waals surface area contributed by atoms with Gasteiger partial charge in [0.25, 0.3) is 0 Å². The van der Waals surface area contributed by atoms with Crippen molar-refractivity contribution in [1.82, 2.24) is 5.32 Å². The molecule has 5 nitrogen and oxygen atoms in total. The topological polar surface area (TPSA) is 78.8 Å². The fourth-order valence-electron chi connectivity index (χ4n) is 2.63. The van der Waals surface area contributed by atoms with Crippen molar-refractivity contribution in [2.24, 2.45) is 0 Å². The highest BCUT2D eigenvalue weighted by atomic mass is 16.5. The molecule has 0 amide bonds. The van der Waals surface area contributed by atoms with Crippen LogP contribution in [-0.4, -0.2) is 46.1 Å². The summed E-state index contributed by atoms with van der Waals surface area (Å²) in [6.45, 7) is 10.0. The van der Waals surface area contributed by atoms with E-state index in [-0.39, 0.29) is 17.7 Å². The number of hydrogen-bond acceptors (Lipinski definition) is 4. The van der Waals surface area contributed by atoms with Crippen LogP contribution in [0, 0.1) is 0 Å². The van der Waals surface area contributed by atoms with Crippen LogP contribution < -0.4 is 5.32 Å². The molecular weight excluding hydrogens is 270 g/mol. The van der Waals surface area contributed by atoms with E-state index in [0.717, 1.165) is 12.8 Å². The molecule has 0 aromatic heterocycles. The Bertz CT molecular complexity index is 382. The molecule has 0 saturated carbocycles. The molecule has 0 heterocycles. The lowest BCUT2D eigenvalue weighted by atomic mass is 9.88. The second kappa shape index (κ2) is 7.38. The van der Waals surface area contributed by atoms with Crippen molar-refractivity contribution < 1.29 is 19.7 Å². The standard InChI is InChI=1S/C16H29NO4/c1-6-11(7-2)21-13-9-10(15(19)20)8-12(14(13)18)17-16(3,4)5/h9,11-14,17-18H,6-8H2,1-5H3,(H,19,20). The first-order valence-corrected chi connectivity index (χ1v) is 7.73. The van der Waals surface area contributed by atoms with Crippen LogP contribution in [0.1, 0.15) is 53.9 Å². The predicted molar refractivity (Wildman–Crippen MR) is 82.3 cm³/mol. The Labute approximate surface area is 127 Å². The SMILES string of the molecule is CCC(CC)OC1C=C(C(=O)O)CC(NC(C)(C)C)C1O. The third-order valence-electron chi connectivity index (χ3n) is 3.71. The summed E-state index contributed by atoms with van der Waals surface area (Å²) in [7, 11) is 0. The number of carboxylic acids is 1. The second-order valence-electron chi connectivity index (χ2n) is 6.73. The molecule has 5 heteroatoms. The number of rotatable bonds is 6. The molecule has 0 saturated heterocycles. The summed E-state index contributed by atoms with van der Waals surface area (Å²) in [6.07, 6.45) is 2.26. The number of nitrogens with one attached hydrogen (secondary N) is 1. The lowest BCUT2D eigenvalue weighted by Crippen LogP contribution is -2.55. The van der Waals surface area contributed by atoms with Crippen molar-refractivity contribution in [3.63, 3.8) is 0 Å². The Kier molecular flexibility index (Phi) is 6.38. The van der Waals surface area contributed by atoms with Crippen LogP contribution in [-0.2, 0) is 9.53 Å². The quantitative estimate of drug-likeness (QED) is 0.700. The van der Waals surface area contributed by atoms with Gasteiger partial charge in [0.05, 0.1) is 12.2 Å². The van der Waals surface area contributed by atoms with Crippen LogP contribution in [0.25, 0.3) is 0 Å². The van der Waals surface area contributed by atoms with E-state index in [2.05, 4.69) is 5.32 Å². The van der Waals surface area contributed by atoms with Crippen LogP contribution in [0.3, 0.4) is 0 Å². The van der Waals surface area contributed by atoms with E-state index in [1.807, 2.05) is 34.6 Å². The van der Waals surface area contributed by atoms with Gasteiger partial charge in [-0.1, -0.05) is 13.8 Å². The van der Waals surface area contributed by atoms with Gasteiger partial charge in [-0.2, -0.15) is 0 Å². The fourth-order valence-corrected chi connectivity index (χ4v) is 2.63. The number of carbonyl (C=O) groups is 1. The maximum atomic E-state index is 11.3. The molecule has 3 N–H and O–H groups in total. The zero-order valence-electron chi connectivity index (χ0n) is 13.7. The molecular formula is C16H29NO4. The normalized spacial score (nSPS) is 26.8. The molecule has 0 bridgehead atoms. The van der Waals surface area contributed by atoms with Crippen LogP contribution in [0.4, 0.5) is 0 Å². The third kappa shape index (κ3) is 5.41. The average Bonchev–Trinajstić information content (AvgIpc) is 2.37. The van der Waals surface area contributed by atoms with Crippen molar-refractivity contribution in [1.29, 1.82) is 0 Å². The fraction of sp³-hybridized carbons (Fsp3) is 0.812. The number of carboxylic acid groups (broad SMARTS) is 1. The van der Waals surface area contributed by atoms with E-state index < -0.39 is 18.2 Å². The molecule has 21 heavy (non-hydrogen) atoms. The summed E-state index contributed by atoms with van der Waals surface area (Å²) in [5.74, 6) is -0.944. The van der Waals surface area contributed by atoms with Crippen LogP contribution in [0.2, 0.25) is 0 Å². The summed E-state index contributed by atoms with van der Waals surface area (Å²) < 4.78 is 5.90. The van der Waals surface area contributed by atoms with Gasteiger partial charge in [0.2, 0.25) is 0 Å². The smallest absolute Gasteiger partial charge is 0.331 e. The minimum absolute atomic E-state index is 0.0318. The Morgan fingerprint density at radius 3 is 2.43 bits per heavy atom. The lowest BCUT2D eigenvalue weighted by molar-refractivity contribution is -0.134. The Morgan fingerprint density at radius 1 is 1.43 bits per heavy atom. The average molecular weight is 299 g/mol. The molecule has 0 fully saturated rings. The third-order valence-corrected chi connectivity index (χ3v) is 3.71. The largest absolute Gasteiger partial charge is 0.478 e. The molecule has 1 aliphatic carbocycles. The Balaban J connectivity index is 2.93. The molecule has 3 atom stereocenters. The van der Waals surface area contributed by atoms with Gasteiger partial charge < -0.3 is 20.3 Å². The summed E-state index contributed by atoms with van der Waals surface area (Å²) in [5, 5.41) is 23.1. The first kappa shape index (κ1) is 18.1. The number of aliphatic hydroxyl groups is 1. The summed E-state index contributed by atoms with van der Waals surface area (Å²) in [6, 6.07) is -0.319. The van der Waals surface area contributed by atoms with Crippen molar-refractivity contribution in [2.45, 2.75) is 83.8 Å². The Morgan fingerprint density at radius 2 is 2.00 bits per heavy atom. The molecule has 0 spiro atoms. The first-order valence-electron chi connectivity index (χ1n) is 7.73. The predicted octanol–water partition coefficient (Wildman–Crippen LogP) is 2.09. The molecule has 1 aliphatic rings. The summed E-state index contributed by atoms with van der Waals surface area (Å²) >= 11 is 0. The van der Waals surface area contributed by atoms with Gasteiger partial charge >= 0.3 is 5.97 Å². The van der Waals surface area contributed by atoms with E-state index >= 15 is 0 Å². The van der Waals surface area contributed by atoms with E-state index in [4.69, 9.17) is 4.74 Å². The molecule has 0 aromatic rings. The molecule has 122 valence electrons. The van der Waals surface area contributed by atoms with Crippen molar-refractivity contribution in [3.05, 3.63) is 11.6 Å². The van der Waals surface area contributed by atoms with E-state index in [0.29, 0.717) is 12.0 Å². The van der Waals surface area contributed by atoms with Crippen LogP contribution in [0.15, 0.2) is 11.6 Å². The van der Waals surface area contributed by atoms with Crippen molar-refractivity contribution in [2.75, 3.05) is 0 Å². The zero-order chi connectivity index (χ0) is 16.2. The van der Waals surface area contributed by atoms with E-state index in [1.54, 1.807) is 6.08 Å². The van der Waals surface area contributed by atoms with Gasteiger partial charge in [-0.3, -0.25) is 0 Å². The van der Waals surface area contributed by atoms with Crippen molar-refractivity contribution in [3.8, 4) is 0 Å². The lowest BCUT2D eigenvalue weighted by Gasteiger charge is -2.38. The van der Waals surface area contributed by atoms with Crippen molar-refractivity contribution >= 4 is 5.97 Å². The molecule has 0 aromatic carbocycles. The number of aliphatic hydroxyl groups excluding tert-OH is 1. The van der Waals surface area contributed by atoms with E-state index in [9.17, 15) is 15.0 Å². The summed E-state index contributed by atoms with van der Waals surface area (Å²) in [4.78, 5) is 11.3. The van der Waals surface area contributed by atoms with Crippen LogP contribution >= 0.6 is 0 Å². The monoisotopic (exact) mass is 299 g/mol. The van der Waals surface area contributed by atoms with Gasteiger partial charge in [-0.25, -0.2) is 4.79 Å². The molecule has 3 unspecified atom stereocenters. The highest BCUT2D eigenvalue weighted by Gasteiger charge is 2.37. The maximum Gasteiger partial charge on any atom is 0.331 e. The summed E-state index contributed by atoms with van der Waals surface area (Å²) in [5.41, 5.74) is 0.101. The minimum Gasteiger partial charge on any atom is -0.478 e. The van der Waals surface area contributed by atoms with Gasteiger partial charge in [0.15, 0.2) is 0 Å². The molecule has 0 radical (unpaired) electrons. The molecule has 0 aliphatic heterocycles. The van der Waals surface area contributed by atoms with Gasteiger partial charge in [-0.15, -0.1) is 0 Å². The van der Waals surface area contributed by atoms with Gasteiger partial charge in [0.1, 0.15) is 6.10 Å². The van der Waals surface area contributed by atoms with Crippen LogP contribution in [0.5, 0.6) is 0 Å². The zero-order valence-corrected chi connectivity index (χ0v) is 13.7. The Hall–Kier alpha value is -0.910. The highest BCUT2D eigenvalue weighted by molar-refractivity contribution is 5.87. The number of aliphatic carboxylic acids is 1. The maximum absolute atomic E-state index is 11.3.